The number of carbonyl (C=O) groups excluding carboxylic acids is 2. The van der Waals surface area contributed by atoms with Crippen LogP contribution in [0.5, 0.6) is 0 Å². The van der Waals surface area contributed by atoms with Crippen LogP contribution in [-0.2, 0) is 34.6 Å². The molecular weight excluding hydrogens is 624 g/mol. The minimum atomic E-state index is -2.93. The first-order valence-corrected chi connectivity index (χ1v) is 21.6. The molecule has 0 aromatic rings. The summed E-state index contributed by atoms with van der Waals surface area (Å²) in [5, 5.41) is 0. The third-order valence-corrected chi connectivity index (χ3v) is 9.70. The van der Waals surface area contributed by atoms with Gasteiger partial charge >= 0.3 is 11.9 Å². The van der Waals surface area contributed by atoms with Gasteiger partial charge in [0.25, 0.3) is 0 Å². The Labute approximate surface area is 299 Å². The van der Waals surface area contributed by atoms with Gasteiger partial charge in [-0.1, -0.05) is 206 Å². The molecule has 48 heavy (non-hydrogen) atoms. The lowest BCUT2D eigenvalue weighted by Crippen LogP contribution is -2.31. The first-order chi connectivity index (χ1) is 23.5. The van der Waals surface area contributed by atoms with Crippen LogP contribution in [0.3, 0.4) is 0 Å². The minimum Gasteiger partial charge on any atom is -0.750 e. The van der Waals surface area contributed by atoms with Crippen molar-refractivity contribution in [2.75, 3.05) is 13.2 Å². The Kier molecular flexibility index (Phi) is 38.0. The van der Waals surface area contributed by atoms with Crippen LogP contribution in [0.25, 0.3) is 0 Å². The number of carbonyl (C=O) groups is 2. The third-order valence-electron chi connectivity index (χ3n) is 9.31. The summed E-state index contributed by atoms with van der Waals surface area (Å²) in [5.41, 5.74) is 0. The lowest BCUT2D eigenvalue weighted by molar-refractivity contribution is -0.158. The van der Waals surface area contributed by atoms with E-state index in [1.54, 1.807) is 0 Å². The quantitative estimate of drug-likeness (QED) is 0.0357. The fourth-order valence-corrected chi connectivity index (χ4v) is 6.55. The monoisotopic (exact) mass is 702 g/mol. The topological polar surface area (TPSA) is 102 Å². The van der Waals surface area contributed by atoms with Crippen LogP contribution in [0.2, 0.25) is 0 Å². The predicted octanol–water partition coefficient (Wildman–Crippen LogP) is 12.2. The van der Waals surface area contributed by atoms with Gasteiger partial charge in [0, 0.05) is 0 Å². The van der Waals surface area contributed by atoms with Gasteiger partial charge in [0.15, 0.2) is 6.10 Å². The zero-order valence-electron chi connectivity index (χ0n) is 31.6. The zero-order chi connectivity index (χ0) is 35.2. The molecule has 0 bridgehead atoms. The van der Waals surface area contributed by atoms with Gasteiger partial charge in [-0.15, -0.1) is 0 Å². The Morgan fingerprint density at radius 1 is 0.458 bits per heavy atom. The summed E-state index contributed by atoms with van der Waals surface area (Å²) < 4.78 is 37.2. The normalized spacial score (nSPS) is 12.6. The number of unbranched alkanes of at least 4 members (excludes halogenated alkanes) is 30. The summed E-state index contributed by atoms with van der Waals surface area (Å²) >= 11 is -2.93. The van der Waals surface area contributed by atoms with Crippen LogP contribution in [0, 0.1) is 0 Å². The van der Waals surface area contributed by atoms with Crippen LogP contribution in [0.4, 0.5) is 0 Å². The molecule has 0 aromatic heterocycles. The van der Waals surface area contributed by atoms with Crippen LogP contribution in [0.15, 0.2) is 0 Å². The highest BCUT2D eigenvalue weighted by Gasteiger charge is 2.26. The van der Waals surface area contributed by atoms with E-state index in [0.29, 0.717) is 6.42 Å². The molecule has 0 aliphatic rings. The van der Waals surface area contributed by atoms with Crippen molar-refractivity contribution in [1.29, 1.82) is 0 Å². The Hall–Kier alpha value is -0.990. The van der Waals surface area contributed by atoms with Gasteiger partial charge < -0.3 is 14.0 Å². The van der Waals surface area contributed by atoms with Crippen molar-refractivity contribution in [2.24, 2.45) is 0 Å². The molecule has 0 aliphatic heterocycles. The molecule has 0 radical (unpaired) electrons. The van der Waals surface area contributed by atoms with E-state index < -0.39 is 35.8 Å². The number of rotatable bonds is 39. The number of hydrogen-bond acceptors (Lipinski definition) is 7. The van der Waals surface area contributed by atoms with Crippen molar-refractivity contribution >= 4 is 23.3 Å². The zero-order valence-corrected chi connectivity index (χ0v) is 32.4. The molecular formula is C40H77O7S-. The molecule has 0 aromatic carbocycles. The van der Waals surface area contributed by atoms with E-state index in [0.717, 1.165) is 32.1 Å². The highest BCUT2D eigenvalue weighted by molar-refractivity contribution is 7.74. The Morgan fingerprint density at radius 3 is 1.02 bits per heavy atom. The standard InChI is InChI=1S/C40H78O7S/c1-3-5-7-9-11-13-15-17-19-21-23-25-27-29-31-33-35-45-39(41)37-38(47-48(43)44)40(42)46-36-34-32-30-28-26-24-22-20-18-16-14-12-10-8-6-4-2/h38H,3-37H2,1-2H3,(H,43,44)/p-1. The highest BCUT2D eigenvalue weighted by Crippen LogP contribution is 2.16. The minimum absolute atomic E-state index is 0.191. The van der Waals surface area contributed by atoms with E-state index in [2.05, 4.69) is 18.0 Å². The Morgan fingerprint density at radius 2 is 0.729 bits per heavy atom. The maximum Gasteiger partial charge on any atom is 0.337 e. The molecule has 0 saturated carbocycles. The summed E-state index contributed by atoms with van der Waals surface area (Å²) in [7, 11) is 0. The molecule has 0 rings (SSSR count). The molecule has 0 saturated heterocycles. The predicted molar refractivity (Wildman–Crippen MR) is 199 cm³/mol. The molecule has 2 atom stereocenters. The average molecular weight is 702 g/mol. The molecule has 8 heteroatoms. The molecule has 2 unspecified atom stereocenters. The van der Waals surface area contributed by atoms with Crippen LogP contribution >= 0.6 is 0 Å². The summed E-state index contributed by atoms with van der Waals surface area (Å²) in [6.07, 6.45) is 38.5. The smallest absolute Gasteiger partial charge is 0.337 e. The maximum absolute atomic E-state index is 12.4. The number of hydrogen-bond donors (Lipinski definition) is 0. The summed E-state index contributed by atoms with van der Waals surface area (Å²) in [5.74, 6) is -1.48. The second-order valence-electron chi connectivity index (χ2n) is 14.0. The van der Waals surface area contributed by atoms with Crippen molar-refractivity contribution in [3.05, 3.63) is 0 Å². The first-order valence-electron chi connectivity index (χ1n) is 20.6. The molecule has 0 amide bonds. The lowest BCUT2D eigenvalue weighted by Gasteiger charge is -2.17. The van der Waals surface area contributed by atoms with Crippen molar-refractivity contribution in [3.63, 3.8) is 0 Å². The van der Waals surface area contributed by atoms with E-state index in [1.165, 1.54) is 167 Å². The first kappa shape index (κ1) is 47.0. The fourth-order valence-electron chi connectivity index (χ4n) is 6.21. The molecule has 7 nitrogen and oxygen atoms in total. The van der Waals surface area contributed by atoms with Gasteiger partial charge in [-0.05, 0) is 12.8 Å². The second-order valence-corrected chi connectivity index (χ2v) is 14.6. The molecule has 286 valence electrons. The van der Waals surface area contributed by atoms with Crippen molar-refractivity contribution in [1.82, 2.24) is 0 Å². The van der Waals surface area contributed by atoms with Gasteiger partial charge in [-0.3, -0.25) is 8.98 Å². The van der Waals surface area contributed by atoms with Gasteiger partial charge in [0.05, 0.1) is 31.0 Å². The molecule has 0 heterocycles. The number of esters is 2. The molecule has 0 fully saturated rings. The summed E-state index contributed by atoms with van der Waals surface area (Å²) in [4.78, 5) is 24.6. The molecule has 0 N–H and O–H groups in total. The summed E-state index contributed by atoms with van der Waals surface area (Å²) in [6, 6.07) is 0. The Bertz CT molecular complexity index is 718. The van der Waals surface area contributed by atoms with E-state index >= 15 is 0 Å². The van der Waals surface area contributed by atoms with Crippen molar-refractivity contribution in [3.8, 4) is 0 Å². The third kappa shape index (κ3) is 36.3. The Balaban J connectivity index is 3.69. The van der Waals surface area contributed by atoms with Gasteiger partial charge in [0.2, 0.25) is 0 Å². The van der Waals surface area contributed by atoms with Crippen LogP contribution in [-0.4, -0.2) is 40.0 Å². The fraction of sp³-hybridized carbons (Fsp3) is 0.950. The van der Waals surface area contributed by atoms with Crippen molar-refractivity contribution in [2.45, 2.75) is 232 Å². The number of ether oxygens (including phenoxy) is 2. The van der Waals surface area contributed by atoms with Gasteiger partial charge in [-0.25, -0.2) is 9.00 Å². The van der Waals surface area contributed by atoms with E-state index in [9.17, 15) is 18.4 Å². The average Bonchev–Trinajstić information content (AvgIpc) is 3.07. The lowest BCUT2D eigenvalue weighted by atomic mass is 10.0. The molecule has 0 aliphatic carbocycles. The second kappa shape index (κ2) is 38.8. The molecule has 0 spiro atoms. The van der Waals surface area contributed by atoms with Gasteiger partial charge in [-0.2, -0.15) is 0 Å². The van der Waals surface area contributed by atoms with Gasteiger partial charge in [0.1, 0.15) is 0 Å². The SMILES string of the molecule is CCCCCCCCCCCCCCCCCCOC(=O)CC(OS(=O)[O-])C(=O)OCCCCCCCCCCCCCCCCCC. The maximum atomic E-state index is 12.4. The van der Waals surface area contributed by atoms with Crippen LogP contribution in [0.1, 0.15) is 226 Å². The highest BCUT2D eigenvalue weighted by atomic mass is 32.2. The summed E-state index contributed by atoms with van der Waals surface area (Å²) in [6.45, 7) is 4.98. The van der Waals surface area contributed by atoms with Crippen LogP contribution < -0.4 is 0 Å². The van der Waals surface area contributed by atoms with E-state index in [1.807, 2.05) is 0 Å². The van der Waals surface area contributed by atoms with Crippen molar-refractivity contribution < 1.29 is 32.0 Å². The largest absolute Gasteiger partial charge is 0.750 e. The van der Waals surface area contributed by atoms with E-state index in [4.69, 9.17) is 9.47 Å². The van der Waals surface area contributed by atoms with E-state index in [-0.39, 0.29) is 13.2 Å².